The Morgan fingerprint density at radius 3 is 2.27 bits per heavy atom. The zero-order chi connectivity index (χ0) is 21.7. The smallest absolute Gasteiger partial charge is 0.182 e. The number of aliphatic hydroxyl groups is 1. The van der Waals surface area contributed by atoms with Crippen LogP contribution >= 0.6 is 0 Å². The standard InChI is InChI=1S/C27H28O3/c1-14(2)19-11-21(16(5)10-24(19)28)26-17-8-6-7-9-18(17)27(30)23-13-25(29)20(15(3)4)12-22(23)26/h6-15,27,29-30H,1-5H3/b26-21+. The normalized spacial score (nSPS) is 20.8. The molecule has 1 atom stereocenters. The maximum absolute atomic E-state index is 12.6. The second-order valence-corrected chi connectivity index (χ2v) is 8.88. The molecule has 3 heteroatoms. The van der Waals surface area contributed by atoms with Crippen LogP contribution in [0.15, 0.2) is 65.3 Å². The zero-order valence-electron chi connectivity index (χ0n) is 18.2. The zero-order valence-corrected chi connectivity index (χ0v) is 18.2. The molecule has 0 fully saturated rings. The molecule has 2 aromatic rings. The summed E-state index contributed by atoms with van der Waals surface area (Å²) in [5.74, 6) is 0.524. The van der Waals surface area contributed by atoms with Crippen molar-refractivity contribution in [3.8, 4) is 5.75 Å². The van der Waals surface area contributed by atoms with Crippen molar-refractivity contribution in [1.82, 2.24) is 0 Å². The molecule has 0 aliphatic heterocycles. The minimum atomic E-state index is -0.810. The summed E-state index contributed by atoms with van der Waals surface area (Å²) in [6, 6.07) is 11.5. The van der Waals surface area contributed by atoms with Gasteiger partial charge in [0.15, 0.2) is 5.78 Å². The molecule has 0 bridgehead atoms. The summed E-state index contributed by atoms with van der Waals surface area (Å²) >= 11 is 0. The molecule has 0 saturated heterocycles. The van der Waals surface area contributed by atoms with Crippen LogP contribution in [0.25, 0.3) is 5.57 Å². The number of benzene rings is 2. The van der Waals surface area contributed by atoms with E-state index in [1.165, 1.54) is 0 Å². The summed E-state index contributed by atoms with van der Waals surface area (Å²) in [7, 11) is 0. The third kappa shape index (κ3) is 3.14. The van der Waals surface area contributed by atoms with Crippen LogP contribution < -0.4 is 0 Å². The molecule has 2 aromatic carbocycles. The van der Waals surface area contributed by atoms with Gasteiger partial charge < -0.3 is 10.2 Å². The highest BCUT2D eigenvalue weighted by atomic mass is 16.3. The van der Waals surface area contributed by atoms with Crippen molar-refractivity contribution in [2.45, 2.75) is 46.6 Å². The monoisotopic (exact) mass is 400 g/mol. The summed E-state index contributed by atoms with van der Waals surface area (Å²) in [5, 5.41) is 21.7. The van der Waals surface area contributed by atoms with Gasteiger partial charge in [0, 0.05) is 5.57 Å². The molecule has 0 amide bonds. The predicted octanol–water partition coefficient (Wildman–Crippen LogP) is 5.82. The van der Waals surface area contributed by atoms with Gasteiger partial charge in [-0.2, -0.15) is 0 Å². The molecule has 30 heavy (non-hydrogen) atoms. The second-order valence-electron chi connectivity index (χ2n) is 8.88. The van der Waals surface area contributed by atoms with Gasteiger partial charge in [-0.3, -0.25) is 4.79 Å². The van der Waals surface area contributed by atoms with Crippen molar-refractivity contribution in [2.75, 3.05) is 0 Å². The third-order valence-electron chi connectivity index (χ3n) is 6.16. The number of phenolic OH excluding ortho intramolecular Hbond substituents is 1. The van der Waals surface area contributed by atoms with Gasteiger partial charge in [-0.1, -0.05) is 52.0 Å². The number of carbonyl (C=O) groups is 1. The predicted molar refractivity (Wildman–Crippen MR) is 120 cm³/mol. The quantitative estimate of drug-likeness (QED) is 0.667. The van der Waals surface area contributed by atoms with Crippen LogP contribution in [0.1, 0.15) is 74.5 Å². The van der Waals surface area contributed by atoms with Gasteiger partial charge in [0.25, 0.3) is 0 Å². The fraction of sp³-hybridized carbons (Fsp3) is 0.296. The molecule has 1 unspecified atom stereocenters. The van der Waals surface area contributed by atoms with Gasteiger partial charge in [0.05, 0.1) is 0 Å². The van der Waals surface area contributed by atoms with Crippen molar-refractivity contribution in [3.63, 3.8) is 0 Å². The highest BCUT2D eigenvalue weighted by Crippen LogP contribution is 2.47. The Kier molecular flexibility index (Phi) is 5.03. The summed E-state index contributed by atoms with van der Waals surface area (Å²) in [4.78, 5) is 12.6. The van der Waals surface area contributed by atoms with E-state index in [1.54, 1.807) is 12.1 Å². The summed E-state index contributed by atoms with van der Waals surface area (Å²) < 4.78 is 0. The van der Waals surface area contributed by atoms with Crippen molar-refractivity contribution in [1.29, 1.82) is 0 Å². The van der Waals surface area contributed by atoms with Crippen molar-refractivity contribution >= 4 is 11.4 Å². The molecule has 2 aliphatic carbocycles. The Labute approximate surface area is 178 Å². The molecule has 4 rings (SSSR count). The molecular weight excluding hydrogens is 372 g/mol. The fourth-order valence-corrected chi connectivity index (χ4v) is 4.51. The molecule has 0 heterocycles. The lowest BCUT2D eigenvalue weighted by atomic mass is 9.74. The molecule has 0 saturated carbocycles. The number of allylic oxidation sites excluding steroid dienone is 5. The lowest BCUT2D eigenvalue weighted by Crippen LogP contribution is -2.17. The third-order valence-corrected chi connectivity index (χ3v) is 6.16. The lowest BCUT2D eigenvalue weighted by Gasteiger charge is -2.31. The Morgan fingerprint density at radius 2 is 1.60 bits per heavy atom. The molecule has 154 valence electrons. The van der Waals surface area contributed by atoms with Crippen LogP contribution in [0, 0.1) is 5.92 Å². The summed E-state index contributed by atoms with van der Waals surface area (Å²) in [6.07, 6.45) is 2.92. The molecular formula is C27H28O3. The van der Waals surface area contributed by atoms with Crippen LogP contribution in [0.4, 0.5) is 0 Å². The highest BCUT2D eigenvalue weighted by molar-refractivity contribution is 6.09. The number of fused-ring (bicyclic) bond motifs is 2. The number of ketones is 1. The van der Waals surface area contributed by atoms with Gasteiger partial charge in [0.2, 0.25) is 0 Å². The number of phenols is 1. The van der Waals surface area contributed by atoms with Crippen LogP contribution in [-0.2, 0) is 4.79 Å². The first-order valence-electron chi connectivity index (χ1n) is 10.5. The van der Waals surface area contributed by atoms with Gasteiger partial charge in [-0.15, -0.1) is 0 Å². The molecule has 0 aromatic heterocycles. The van der Waals surface area contributed by atoms with Gasteiger partial charge in [-0.05, 0) is 87.6 Å². The average molecular weight is 401 g/mol. The largest absolute Gasteiger partial charge is 0.508 e. The number of carbonyl (C=O) groups excluding carboxylic acids is 1. The highest BCUT2D eigenvalue weighted by Gasteiger charge is 2.32. The van der Waals surface area contributed by atoms with Crippen molar-refractivity contribution < 1.29 is 15.0 Å². The van der Waals surface area contributed by atoms with Crippen LogP contribution in [0.3, 0.4) is 0 Å². The molecule has 0 spiro atoms. The van der Waals surface area contributed by atoms with E-state index in [0.29, 0.717) is 5.56 Å². The Morgan fingerprint density at radius 1 is 0.900 bits per heavy atom. The lowest BCUT2D eigenvalue weighted by molar-refractivity contribution is -0.111. The van der Waals surface area contributed by atoms with Crippen molar-refractivity contribution in [3.05, 3.63) is 93.1 Å². The molecule has 2 N–H and O–H groups in total. The first kappa shape index (κ1) is 20.4. The Balaban J connectivity index is 2.12. The number of aromatic hydroxyl groups is 1. The van der Waals surface area contributed by atoms with E-state index in [2.05, 4.69) is 0 Å². The topological polar surface area (TPSA) is 57.5 Å². The van der Waals surface area contributed by atoms with E-state index in [4.69, 9.17) is 0 Å². The van der Waals surface area contributed by atoms with E-state index in [-0.39, 0.29) is 23.4 Å². The van der Waals surface area contributed by atoms with E-state index in [0.717, 1.165) is 44.5 Å². The average Bonchev–Trinajstić information content (AvgIpc) is 2.69. The maximum Gasteiger partial charge on any atom is 0.182 e. The van der Waals surface area contributed by atoms with Crippen LogP contribution in [-0.4, -0.2) is 16.0 Å². The summed E-state index contributed by atoms with van der Waals surface area (Å²) in [6.45, 7) is 10.1. The molecule has 0 radical (unpaired) electrons. The minimum absolute atomic E-state index is 0.0600. The Bertz CT molecular complexity index is 1140. The number of rotatable bonds is 2. The van der Waals surface area contributed by atoms with Crippen molar-refractivity contribution in [2.24, 2.45) is 5.92 Å². The van der Waals surface area contributed by atoms with Gasteiger partial charge in [0.1, 0.15) is 11.9 Å². The fourth-order valence-electron chi connectivity index (χ4n) is 4.51. The number of aliphatic hydroxyl groups excluding tert-OH is 1. The van der Waals surface area contributed by atoms with E-state index in [9.17, 15) is 15.0 Å². The maximum atomic E-state index is 12.6. The van der Waals surface area contributed by atoms with E-state index in [1.807, 2.05) is 71.0 Å². The minimum Gasteiger partial charge on any atom is -0.508 e. The van der Waals surface area contributed by atoms with Gasteiger partial charge in [-0.25, -0.2) is 0 Å². The molecule has 2 aliphatic rings. The number of hydrogen-bond donors (Lipinski definition) is 2. The first-order chi connectivity index (χ1) is 14.2. The SMILES string of the molecule is CC1=CC(=O)C(C(C)C)=C/C1=C1/c2ccccc2C(O)c2cc(O)c(C(C)C)cc21. The van der Waals surface area contributed by atoms with Crippen LogP contribution in [0.2, 0.25) is 0 Å². The second kappa shape index (κ2) is 7.41. The molecule has 3 nitrogen and oxygen atoms in total. The Hall–Kier alpha value is -2.91. The van der Waals surface area contributed by atoms with Crippen LogP contribution in [0.5, 0.6) is 5.75 Å². The first-order valence-corrected chi connectivity index (χ1v) is 10.5. The van der Waals surface area contributed by atoms with E-state index >= 15 is 0 Å². The summed E-state index contributed by atoms with van der Waals surface area (Å²) in [5.41, 5.74) is 7.95. The van der Waals surface area contributed by atoms with Gasteiger partial charge >= 0.3 is 0 Å². The number of hydrogen-bond acceptors (Lipinski definition) is 3. The van der Waals surface area contributed by atoms with E-state index < -0.39 is 6.10 Å².